The molecular weight excluding hydrogens is 436 g/mol. The molecule has 0 N–H and O–H groups in total. The second-order valence-corrected chi connectivity index (χ2v) is 12.6. The third-order valence-electron chi connectivity index (χ3n) is 9.71. The van der Waals surface area contributed by atoms with Gasteiger partial charge in [-0.1, -0.05) is 136 Å². The number of hydrogen-bond acceptors (Lipinski definition) is 2. The van der Waals surface area contributed by atoms with Gasteiger partial charge < -0.3 is 0 Å². The minimum Gasteiger partial charge on any atom is -0.241 e. The monoisotopic (exact) mass is 496 g/mol. The van der Waals surface area contributed by atoms with Gasteiger partial charge in [0.15, 0.2) is 0 Å². The molecule has 36 heavy (non-hydrogen) atoms. The lowest BCUT2D eigenvalue weighted by atomic mass is 9.66. The number of aromatic nitrogens is 2. The van der Waals surface area contributed by atoms with Crippen LogP contribution in [0.25, 0.3) is 0 Å². The van der Waals surface area contributed by atoms with Crippen LogP contribution in [-0.2, 0) is 12.8 Å². The molecule has 2 fully saturated rings. The Bertz CT molecular complexity index is 640. The zero-order chi connectivity index (χ0) is 25.3. The Hall–Kier alpha value is -0.920. The molecule has 206 valence electrons. The highest BCUT2D eigenvalue weighted by molar-refractivity contribution is 5.06. The highest BCUT2D eigenvalue weighted by Crippen LogP contribution is 2.43. The quantitative estimate of drug-likeness (QED) is 0.189. The predicted molar refractivity (Wildman–Crippen MR) is 156 cm³/mol. The van der Waals surface area contributed by atoms with Gasteiger partial charge in [0.2, 0.25) is 0 Å². The summed E-state index contributed by atoms with van der Waals surface area (Å²) in [6.45, 7) is 4.64. The summed E-state index contributed by atoms with van der Waals surface area (Å²) in [5.41, 5.74) is 1.35. The molecule has 1 aromatic rings. The van der Waals surface area contributed by atoms with Crippen LogP contribution in [0.1, 0.15) is 166 Å². The first-order valence-electron chi connectivity index (χ1n) is 16.6. The van der Waals surface area contributed by atoms with E-state index < -0.39 is 0 Å². The van der Waals surface area contributed by atoms with E-state index in [2.05, 4.69) is 26.2 Å². The van der Waals surface area contributed by atoms with E-state index in [4.69, 9.17) is 9.97 Å². The molecule has 1 unspecified atom stereocenters. The fourth-order valence-electron chi connectivity index (χ4n) is 7.32. The molecule has 0 radical (unpaired) electrons. The minimum absolute atomic E-state index is 0.824. The minimum atomic E-state index is 0.824. The van der Waals surface area contributed by atoms with Crippen LogP contribution in [-0.4, -0.2) is 9.97 Å². The molecule has 0 saturated heterocycles. The molecule has 0 amide bonds. The van der Waals surface area contributed by atoms with E-state index in [-0.39, 0.29) is 0 Å². The van der Waals surface area contributed by atoms with Crippen LogP contribution >= 0.6 is 0 Å². The first-order valence-corrected chi connectivity index (χ1v) is 16.6. The summed E-state index contributed by atoms with van der Waals surface area (Å²) in [5, 5.41) is 0. The molecule has 2 aliphatic carbocycles. The van der Waals surface area contributed by atoms with Crippen molar-refractivity contribution >= 4 is 0 Å². The van der Waals surface area contributed by atoms with Gasteiger partial charge in [0, 0.05) is 18.8 Å². The van der Waals surface area contributed by atoms with E-state index in [1.807, 2.05) is 0 Å². The number of nitrogens with zero attached hydrogens (tertiary/aromatic N) is 2. The topological polar surface area (TPSA) is 25.8 Å². The lowest BCUT2D eigenvalue weighted by molar-refractivity contribution is 0.121. The van der Waals surface area contributed by atoms with Gasteiger partial charge in [-0.25, -0.2) is 9.97 Å². The number of unbranched alkanes of at least 4 members (excludes halogenated alkanes) is 10. The van der Waals surface area contributed by atoms with Crippen molar-refractivity contribution < 1.29 is 0 Å². The number of rotatable bonds is 18. The van der Waals surface area contributed by atoms with Gasteiger partial charge in [-0.2, -0.15) is 0 Å². The highest BCUT2D eigenvalue weighted by atomic mass is 14.9. The van der Waals surface area contributed by atoms with Gasteiger partial charge in [-0.05, 0) is 54.9 Å². The van der Waals surface area contributed by atoms with E-state index in [1.165, 1.54) is 147 Å². The van der Waals surface area contributed by atoms with Crippen molar-refractivity contribution in [2.24, 2.45) is 23.7 Å². The van der Waals surface area contributed by atoms with Crippen molar-refractivity contribution in [1.29, 1.82) is 0 Å². The molecule has 0 aliphatic heterocycles. The Kier molecular flexibility index (Phi) is 15.1. The molecule has 3 rings (SSSR count). The van der Waals surface area contributed by atoms with Crippen molar-refractivity contribution in [3.05, 3.63) is 23.8 Å². The highest BCUT2D eigenvalue weighted by Gasteiger charge is 2.33. The van der Waals surface area contributed by atoms with Gasteiger partial charge >= 0.3 is 0 Å². The van der Waals surface area contributed by atoms with Crippen LogP contribution in [0.15, 0.2) is 12.4 Å². The molecule has 2 saturated carbocycles. The third-order valence-corrected chi connectivity index (χ3v) is 9.71. The molecule has 0 bridgehead atoms. The predicted octanol–water partition coefficient (Wildman–Crippen LogP) is 10.7. The van der Waals surface area contributed by atoms with Crippen LogP contribution in [0.4, 0.5) is 0 Å². The molecule has 0 aromatic carbocycles. The maximum absolute atomic E-state index is 4.92. The summed E-state index contributed by atoms with van der Waals surface area (Å²) >= 11 is 0. The van der Waals surface area contributed by atoms with Crippen molar-refractivity contribution in [1.82, 2.24) is 9.97 Å². The lowest BCUT2D eigenvalue weighted by Gasteiger charge is -2.39. The molecule has 2 nitrogen and oxygen atoms in total. The van der Waals surface area contributed by atoms with Gasteiger partial charge in [-0.15, -0.1) is 0 Å². The Balaban J connectivity index is 1.39. The summed E-state index contributed by atoms with van der Waals surface area (Å²) in [6, 6.07) is 0. The summed E-state index contributed by atoms with van der Waals surface area (Å²) < 4.78 is 0. The largest absolute Gasteiger partial charge is 0.241 e. The molecule has 1 heterocycles. The zero-order valence-electron chi connectivity index (χ0n) is 24.3. The fourth-order valence-corrected chi connectivity index (χ4v) is 7.32. The zero-order valence-corrected chi connectivity index (χ0v) is 24.3. The van der Waals surface area contributed by atoms with Crippen molar-refractivity contribution in [2.45, 2.75) is 168 Å². The summed E-state index contributed by atoms with van der Waals surface area (Å²) in [6.07, 6.45) is 38.0. The maximum atomic E-state index is 4.92. The molecule has 2 aliphatic rings. The third kappa shape index (κ3) is 11.2. The molecular formula is C34H60N2. The number of aryl methyl sites for hydroxylation is 1. The van der Waals surface area contributed by atoms with E-state index in [0.717, 1.165) is 42.3 Å². The summed E-state index contributed by atoms with van der Waals surface area (Å²) in [7, 11) is 0. The van der Waals surface area contributed by atoms with E-state index in [1.54, 1.807) is 0 Å². The summed E-state index contributed by atoms with van der Waals surface area (Å²) in [5.74, 6) is 4.80. The number of hydrogen-bond donors (Lipinski definition) is 0. The van der Waals surface area contributed by atoms with Crippen molar-refractivity contribution in [3.63, 3.8) is 0 Å². The van der Waals surface area contributed by atoms with Crippen molar-refractivity contribution in [2.75, 3.05) is 0 Å². The lowest BCUT2D eigenvalue weighted by Crippen LogP contribution is -2.31. The standard InChI is InChI=1S/C34H60N2/c1-3-5-7-8-9-10-11-12-13-15-19-30-27-35-34(36-28-30)26-33(31-20-16-14-17-21-31)32-24-22-29(23-25-32)18-6-4-2/h27-29,31-33H,3-26H2,1-2H3. The Labute approximate surface area is 225 Å². The van der Waals surface area contributed by atoms with Gasteiger partial charge in [0.25, 0.3) is 0 Å². The second-order valence-electron chi connectivity index (χ2n) is 12.6. The van der Waals surface area contributed by atoms with Crippen LogP contribution in [0.5, 0.6) is 0 Å². The van der Waals surface area contributed by atoms with Crippen LogP contribution in [0.3, 0.4) is 0 Å². The second kappa shape index (κ2) is 18.4. The maximum Gasteiger partial charge on any atom is 0.128 e. The first-order chi connectivity index (χ1) is 17.8. The van der Waals surface area contributed by atoms with E-state index in [9.17, 15) is 0 Å². The van der Waals surface area contributed by atoms with Gasteiger partial charge in [0.05, 0.1) is 0 Å². The molecule has 0 spiro atoms. The van der Waals surface area contributed by atoms with Gasteiger partial charge in [0.1, 0.15) is 5.82 Å². The SMILES string of the molecule is CCCCCCCCCCCCc1cnc(CC(C2CCCCC2)C2CCC(CCCC)CC2)nc1. The van der Waals surface area contributed by atoms with Crippen LogP contribution in [0.2, 0.25) is 0 Å². The Morgan fingerprint density at radius 3 is 1.81 bits per heavy atom. The molecule has 1 atom stereocenters. The summed E-state index contributed by atoms with van der Waals surface area (Å²) in [4.78, 5) is 9.83. The van der Waals surface area contributed by atoms with E-state index in [0.29, 0.717) is 0 Å². The Morgan fingerprint density at radius 1 is 0.639 bits per heavy atom. The smallest absolute Gasteiger partial charge is 0.128 e. The van der Waals surface area contributed by atoms with E-state index >= 15 is 0 Å². The van der Waals surface area contributed by atoms with Crippen LogP contribution in [0, 0.1) is 23.7 Å². The van der Waals surface area contributed by atoms with Gasteiger partial charge in [-0.3, -0.25) is 0 Å². The first kappa shape index (κ1) is 29.6. The molecule has 2 heteroatoms. The average molecular weight is 497 g/mol. The molecule has 1 aromatic heterocycles. The van der Waals surface area contributed by atoms with Crippen molar-refractivity contribution in [3.8, 4) is 0 Å². The van der Waals surface area contributed by atoms with Crippen LogP contribution < -0.4 is 0 Å². The fraction of sp³-hybridized carbons (Fsp3) is 0.882. The normalized spacial score (nSPS) is 22.1. The average Bonchev–Trinajstić information content (AvgIpc) is 2.93. The Morgan fingerprint density at radius 2 is 1.19 bits per heavy atom.